The Labute approximate surface area is 93.7 Å². The highest BCUT2D eigenvalue weighted by Crippen LogP contribution is 2.20. The van der Waals surface area contributed by atoms with Crippen LogP contribution in [0.15, 0.2) is 18.5 Å². The second-order valence-corrected chi connectivity index (χ2v) is 3.65. The Morgan fingerprint density at radius 1 is 1.44 bits per heavy atom. The van der Waals surface area contributed by atoms with Crippen LogP contribution in [0.2, 0.25) is 0 Å². The molecule has 16 heavy (non-hydrogen) atoms. The minimum absolute atomic E-state index is 0.254. The molecule has 1 aromatic heterocycles. The lowest BCUT2D eigenvalue weighted by molar-refractivity contribution is 0.0697. The van der Waals surface area contributed by atoms with E-state index in [2.05, 4.69) is 4.98 Å². The second-order valence-electron chi connectivity index (χ2n) is 3.65. The molecule has 0 bridgehead atoms. The molecule has 0 atom stereocenters. The Balaban J connectivity index is 2.27. The van der Waals surface area contributed by atoms with Crippen LogP contribution in [0.4, 0.5) is 5.69 Å². The molecule has 5 nitrogen and oxygen atoms in total. The fourth-order valence-electron chi connectivity index (χ4n) is 1.81. The molecular weight excluding hydrogens is 208 g/mol. The summed E-state index contributed by atoms with van der Waals surface area (Å²) in [5, 5.41) is 9.07. The van der Waals surface area contributed by atoms with Crippen molar-refractivity contribution in [3.63, 3.8) is 0 Å². The van der Waals surface area contributed by atoms with Crippen molar-refractivity contribution in [1.29, 1.82) is 0 Å². The third-order valence-corrected chi connectivity index (χ3v) is 2.59. The van der Waals surface area contributed by atoms with Gasteiger partial charge in [-0.2, -0.15) is 0 Å². The molecule has 1 saturated heterocycles. The average molecular weight is 222 g/mol. The van der Waals surface area contributed by atoms with Crippen LogP contribution in [0.3, 0.4) is 0 Å². The van der Waals surface area contributed by atoms with Crippen LogP contribution in [0.5, 0.6) is 0 Å². The van der Waals surface area contributed by atoms with Crippen molar-refractivity contribution in [2.45, 2.75) is 6.42 Å². The zero-order valence-electron chi connectivity index (χ0n) is 8.93. The number of aromatic nitrogens is 1. The van der Waals surface area contributed by atoms with Gasteiger partial charge < -0.3 is 14.7 Å². The molecule has 86 valence electrons. The molecule has 1 fully saturated rings. The van der Waals surface area contributed by atoms with Crippen molar-refractivity contribution in [1.82, 2.24) is 4.98 Å². The van der Waals surface area contributed by atoms with Crippen molar-refractivity contribution in [3.8, 4) is 0 Å². The molecule has 0 spiro atoms. The summed E-state index contributed by atoms with van der Waals surface area (Å²) in [6.07, 6.45) is 3.93. The normalized spacial score (nSPS) is 16.9. The third kappa shape index (κ3) is 2.30. The second kappa shape index (κ2) is 4.94. The van der Waals surface area contributed by atoms with Gasteiger partial charge in [-0.15, -0.1) is 0 Å². The first-order chi connectivity index (χ1) is 7.79. The van der Waals surface area contributed by atoms with Crippen LogP contribution in [0, 0.1) is 0 Å². The highest BCUT2D eigenvalue weighted by Gasteiger charge is 2.17. The summed E-state index contributed by atoms with van der Waals surface area (Å²) >= 11 is 0. The van der Waals surface area contributed by atoms with Gasteiger partial charge in [0.05, 0.1) is 12.3 Å². The molecule has 1 aromatic rings. The van der Waals surface area contributed by atoms with E-state index in [-0.39, 0.29) is 5.56 Å². The lowest BCUT2D eigenvalue weighted by Gasteiger charge is -2.23. The summed E-state index contributed by atoms with van der Waals surface area (Å²) in [5.74, 6) is -0.937. The van der Waals surface area contributed by atoms with Gasteiger partial charge in [0.15, 0.2) is 0 Å². The van der Waals surface area contributed by atoms with E-state index in [1.807, 2.05) is 4.90 Å². The number of rotatable bonds is 2. The third-order valence-electron chi connectivity index (χ3n) is 2.59. The number of anilines is 1. The first-order valence-electron chi connectivity index (χ1n) is 5.29. The molecule has 0 aromatic carbocycles. The van der Waals surface area contributed by atoms with Crippen LogP contribution in [-0.2, 0) is 4.74 Å². The van der Waals surface area contributed by atoms with Gasteiger partial charge in [-0.1, -0.05) is 0 Å². The van der Waals surface area contributed by atoms with E-state index in [1.165, 1.54) is 6.20 Å². The monoisotopic (exact) mass is 222 g/mol. The number of carboxylic acids is 1. The molecule has 0 unspecified atom stereocenters. The summed E-state index contributed by atoms with van der Waals surface area (Å²) in [6, 6.07) is 1.74. The fraction of sp³-hybridized carbons (Fsp3) is 0.455. The minimum atomic E-state index is -0.937. The van der Waals surface area contributed by atoms with Gasteiger partial charge in [-0.25, -0.2) is 4.79 Å². The maximum atomic E-state index is 11.1. The smallest absolute Gasteiger partial charge is 0.339 e. The van der Waals surface area contributed by atoms with Crippen LogP contribution >= 0.6 is 0 Å². The van der Waals surface area contributed by atoms with Gasteiger partial charge >= 0.3 is 5.97 Å². The van der Waals surface area contributed by atoms with E-state index in [4.69, 9.17) is 9.84 Å². The van der Waals surface area contributed by atoms with Gasteiger partial charge in [0.1, 0.15) is 5.56 Å². The molecule has 0 aliphatic carbocycles. The van der Waals surface area contributed by atoms with Crippen molar-refractivity contribution >= 4 is 11.7 Å². The number of hydrogen-bond donors (Lipinski definition) is 1. The van der Waals surface area contributed by atoms with E-state index < -0.39 is 5.97 Å². The van der Waals surface area contributed by atoms with Crippen LogP contribution in [0.25, 0.3) is 0 Å². The summed E-state index contributed by atoms with van der Waals surface area (Å²) < 4.78 is 5.34. The Kier molecular flexibility index (Phi) is 3.36. The Bertz CT molecular complexity index is 373. The Hall–Kier alpha value is -1.62. The van der Waals surface area contributed by atoms with Crippen molar-refractivity contribution < 1.29 is 14.6 Å². The summed E-state index contributed by atoms with van der Waals surface area (Å²) in [5.41, 5.74) is 0.984. The SMILES string of the molecule is O=C(O)c1cnccc1N1CCCOCC1. The maximum absolute atomic E-state index is 11.1. The number of carbonyl (C=O) groups is 1. The number of carboxylic acid groups (broad SMARTS) is 1. The minimum Gasteiger partial charge on any atom is -0.478 e. The topological polar surface area (TPSA) is 62.7 Å². The summed E-state index contributed by atoms with van der Waals surface area (Å²) in [6.45, 7) is 2.93. The molecule has 2 heterocycles. The lowest BCUT2D eigenvalue weighted by Crippen LogP contribution is -2.27. The van der Waals surface area contributed by atoms with Crippen LogP contribution in [-0.4, -0.2) is 42.4 Å². The predicted octanol–water partition coefficient (Wildman–Crippen LogP) is 1.01. The fourth-order valence-corrected chi connectivity index (χ4v) is 1.81. The summed E-state index contributed by atoms with van der Waals surface area (Å²) in [7, 11) is 0. The van der Waals surface area contributed by atoms with E-state index in [9.17, 15) is 4.79 Å². The molecule has 2 rings (SSSR count). The molecule has 0 saturated carbocycles. The quantitative estimate of drug-likeness (QED) is 0.809. The summed E-state index contributed by atoms with van der Waals surface area (Å²) in [4.78, 5) is 16.9. The van der Waals surface area contributed by atoms with Gasteiger partial charge in [0, 0.05) is 32.1 Å². The number of aromatic carboxylic acids is 1. The Morgan fingerprint density at radius 3 is 3.12 bits per heavy atom. The van der Waals surface area contributed by atoms with E-state index in [0.717, 1.165) is 31.8 Å². The highest BCUT2D eigenvalue weighted by molar-refractivity contribution is 5.94. The molecular formula is C11H14N2O3. The largest absolute Gasteiger partial charge is 0.478 e. The molecule has 0 radical (unpaired) electrons. The average Bonchev–Trinajstić information content (AvgIpc) is 2.57. The molecule has 5 heteroatoms. The number of pyridine rings is 1. The van der Waals surface area contributed by atoms with E-state index in [0.29, 0.717) is 6.61 Å². The van der Waals surface area contributed by atoms with Crippen LogP contribution < -0.4 is 4.90 Å². The standard InChI is InChI=1S/C11H14N2O3/c14-11(15)9-8-12-3-2-10(9)13-4-1-6-16-7-5-13/h2-3,8H,1,4-7H2,(H,14,15). The van der Waals surface area contributed by atoms with Crippen LogP contribution in [0.1, 0.15) is 16.8 Å². The molecule has 0 amide bonds. The van der Waals surface area contributed by atoms with Gasteiger partial charge in [-0.05, 0) is 12.5 Å². The van der Waals surface area contributed by atoms with Crippen molar-refractivity contribution in [3.05, 3.63) is 24.0 Å². The van der Waals surface area contributed by atoms with Gasteiger partial charge in [-0.3, -0.25) is 4.98 Å². The molecule has 1 aliphatic rings. The zero-order valence-corrected chi connectivity index (χ0v) is 8.93. The molecule has 1 N–H and O–H groups in total. The lowest BCUT2D eigenvalue weighted by atomic mass is 10.2. The number of nitrogens with zero attached hydrogens (tertiary/aromatic N) is 2. The Morgan fingerprint density at radius 2 is 2.31 bits per heavy atom. The number of hydrogen-bond acceptors (Lipinski definition) is 4. The maximum Gasteiger partial charge on any atom is 0.339 e. The first-order valence-corrected chi connectivity index (χ1v) is 5.29. The zero-order chi connectivity index (χ0) is 11.4. The van der Waals surface area contributed by atoms with E-state index in [1.54, 1.807) is 12.3 Å². The highest BCUT2D eigenvalue weighted by atomic mass is 16.5. The predicted molar refractivity (Wildman–Crippen MR) is 58.8 cm³/mol. The number of ether oxygens (including phenoxy) is 1. The van der Waals surface area contributed by atoms with Crippen molar-refractivity contribution in [2.24, 2.45) is 0 Å². The molecule has 1 aliphatic heterocycles. The van der Waals surface area contributed by atoms with Gasteiger partial charge in [0.2, 0.25) is 0 Å². The van der Waals surface area contributed by atoms with Gasteiger partial charge in [0.25, 0.3) is 0 Å². The van der Waals surface area contributed by atoms with Crippen molar-refractivity contribution in [2.75, 3.05) is 31.2 Å². The van der Waals surface area contributed by atoms with E-state index >= 15 is 0 Å². The first kappa shape index (κ1) is 10.9.